The summed E-state index contributed by atoms with van der Waals surface area (Å²) in [6, 6.07) is 13.9. The van der Waals surface area contributed by atoms with Crippen molar-refractivity contribution in [3.63, 3.8) is 0 Å². The molecule has 2 aromatic rings. The average Bonchev–Trinajstić information content (AvgIpc) is 2.93. The SMILES string of the molecule is S=C(N/N=C/c1ccc(Cl)cc1Cl)NC1CCc2ccccc21. The first-order valence-corrected chi connectivity index (χ1v) is 8.42. The Balaban J connectivity index is 1.57. The van der Waals surface area contributed by atoms with Gasteiger partial charge in [0.2, 0.25) is 0 Å². The van der Waals surface area contributed by atoms with Crippen molar-refractivity contribution in [2.75, 3.05) is 0 Å². The van der Waals surface area contributed by atoms with Crippen LogP contribution in [0, 0.1) is 0 Å². The number of halogens is 2. The van der Waals surface area contributed by atoms with Crippen LogP contribution in [-0.4, -0.2) is 11.3 Å². The lowest BCUT2D eigenvalue weighted by atomic mass is 10.1. The molecule has 6 heteroatoms. The van der Waals surface area contributed by atoms with Gasteiger partial charge in [-0.3, -0.25) is 5.43 Å². The first-order valence-electron chi connectivity index (χ1n) is 7.26. The molecule has 118 valence electrons. The lowest BCUT2D eigenvalue weighted by molar-refractivity contribution is 0.633. The van der Waals surface area contributed by atoms with Crippen LogP contribution in [-0.2, 0) is 6.42 Å². The molecule has 1 atom stereocenters. The molecular weight excluding hydrogens is 349 g/mol. The number of nitrogens with zero attached hydrogens (tertiary/aromatic N) is 1. The van der Waals surface area contributed by atoms with Crippen LogP contribution in [0.1, 0.15) is 29.2 Å². The summed E-state index contributed by atoms with van der Waals surface area (Å²) in [5.74, 6) is 0. The van der Waals surface area contributed by atoms with Crippen molar-refractivity contribution in [1.29, 1.82) is 0 Å². The molecule has 3 rings (SSSR count). The third-order valence-electron chi connectivity index (χ3n) is 3.77. The second kappa shape index (κ2) is 7.30. The molecule has 0 aliphatic heterocycles. The Morgan fingerprint density at radius 1 is 1.22 bits per heavy atom. The number of benzene rings is 2. The zero-order valence-corrected chi connectivity index (χ0v) is 14.6. The molecule has 1 unspecified atom stereocenters. The Morgan fingerprint density at radius 3 is 2.87 bits per heavy atom. The van der Waals surface area contributed by atoms with E-state index >= 15 is 0 Å². The van der Waals surface area contributed by atoms with Crippen LogP contribution in [0.2, 0.25) is 10.0 Å². The molecule has 2 aromatic carbocycles. The van der Waals surface area contributed by atoms with Crippen LogP contribution in [0.3, 0.4) is 0 Å². The van der Waals surface area contributed by atoms with E-state index in [4.69, 9.17) is 35.4 Å². The molecule has 2 N–H and O–H groups in total. The minimum Gasteiger partial charge on any atom is -0.354 e. The summed E-state index contributed by atoms with van der Waals surface area (Å²) in [5.41, 5.74) is 6.29. The Bertz CT molecular complexity index is 761. The molecular formula is C17H15Cl2N3S. The van der Waals surface area contributed by atoms with Crippen LogP contribution in [0.4, 0.5) is 0 Å². The number of hydrogen-bond donors (Lipinski definition) is 2. The molecule has 0 bridgehead atoms. The van der Waals surface area contributed by atoms with Gasteiger partial charge in [-0.2, -0.15) is 5.10 Å². The normalized spacial score (nSPS) is 16.3. The molecule has 0 saturated carbocycles. The fourth-order valence-electron chi connectivity index (χ4n) is 2.66. The van der Waals surface area contributed by atoms with Crippen molar-refractivity contribution in [2.24, 2.45) is 5.10 Å². The molecule has 0 radical (unpaired) electrons. The van der Waals surface area contributed by atoms with Gasteiger partial charge in [0, 0.05) is 10.6 Å². The van der Waals surface area contributed by atoms with E-state index in [1.807, 2.05) is 0 Å². The number of hydrazone groups is 1. The molecule has 1 aliphatic rings. The highest BCUT2D eigenvalue weighted by Gasteiger charge is 2.22. The van der Waals surface area contributed by atoms with E-state index in [1.54, 1.807) is 24.4 Å². The minimum absolute atomic E-state index is 0.237. The van der Waals surface area contributed by atoms with Crippen molar-refractivity contribution in [1.82, 2.24) is 10.7 Å². The summed E-state index contributed by atoms with van der Waals surface area (Å²) in [4.78, 5) is 0. The molecule has 3 nitrogen and oxygen atoms in total. The maximum Gasteiger partial charge on any atom is 0.187 e. The third kappa shape index (κ3) is 4.02. The zero-order valence-electron chi connectivity index (χ0n) is 12.2. The van der Waals surface area contributed by atoms with Gasteiger partial charge >= 0.3 is 0 Å². The molecule has 0 spiro atoms. The van der Waals surface area contributed by atoms with Crippen LogP contribution in [0.15, 0.2) is 47.6 Å². The number of thiocarbonyl (C=S) groups is 1. The van der Waals surface area contributed by atoms with Gasteiger partial charge in [0.1, 0.15) is 0 Å². The van der Waals surface area contributed by atoms with E-state index in [1.165, 1.54) is 11.1 Å². The fraction of sp³-hybridized carbons (Fsp3) is 0.176. The minimum atomic E-state index is 0.237. The first-order chi connectivity index (χ1) is 11.1. The van der Waals surface area contributed by atoms with Crippen molar-refractivity contribution in [2.45, 2.75) is 18.9 Å². The summed E-state index contributed by atoms with van der Waals surface area (Å²) in [5, 5.41) is 9.06. The lowest BCUT2D eigenvalue weighted by Crippen LogP contribution is -2.34. The van der Waals surface area contributed by atoms with Crippen molar-refractivity contribution >= 4 is 46.7 Å². The van der Waals surface area contributed by atoms with Crippen LogP contribution in [0.25, 0.3) is 0 Å². The van der Waals surface area contributed by atoms with Crippen molar-refractivity contribution < 1.29 is 0 Å². The summed E-state index contributed by atoms with van der Waals surface area (Å²) in [6.07, 6.45) is 3.73. The molecule has 0 heterocycles. The number of rotatable bonds is 3. The van der Waals surface area contributed by atoms with E-state index in [9.17, 15) is 0 Å². The van der Waals surface area contributed by atoms with E-state index in [2.05, 4.69) is 40.1 Å². The summed E-state index contributed by atoms with van der Waals surface area (Å²) in [6.45, 7) is 0. The lowest BCUT2D eigenvalue weighted by Gasteiger charge is -2.15. The summed E-state index contributed by atoms with van der Waals surface area (Å²) in [7, 11) is 0. The van der Waals surface area contributed by atoms with Crippen LogP contribution < -0.4 is 10.7 Å². The maximum absolute atomic E-state index is 6.09. The Kier molecular flexibility index (Phi) is 5.16. The van der Waals surface area contributed by atoms with Gasteiger partial charge in [0.25, 0.3) is 0 Å². The number of fused-ring (bicyclic) bond motifs is 1. The number of aryl methyl sites for hydroxylation is 1. The highest BCUT2D eigenvalue weighted by atomic mass is 35.5. The second-order valence-electron chi connectivity index (χ2n) is 5.30. The van der Waals surface area contributed by atoms with Gasteiger partial charge in [0.05, 0.1) is 17.3 Å². The molecule has 23 heavy (non-hydrogen) atoms. The molecule has 0 saturated heterocycles. The first kappa shape index (κ1) is 16.2. The Morgan fingerprint density at radius 2 is 2.04 bits per heavy atom. The maximum atomic E-state index is 6.09. The van der Waals surface area contributed by atoms with Gasteiger partial charge in [-0.25, -0.2) is 0 Å². The van der Waals surface area contributed by atoms with Crippen molar-refractivity contribution in [3.8, 4) is 0 Å². The highest BCUT2D eigenvalue weighted by Crippen LogP contribution is 2.30. The molecule has 1 aliphatic carbocycles. The van der Waals surface area contributed by atoms with Gasteiger partial charge < -0.3 is 5.32 Å². The standard InChI is InChI=1S/C17H15Cl2N3S/c18-13-7-5-12(15(19)9-13)10-20-22-17(23)21-16-8-6-11-3-1-2-4-14(11)16/h1-5,7,9-10,16H,6,8H2,(H2,21,22,23)/b20-10+. The smallest absolute Gasteiger partial charge is 0.187 e. The fourth-order valence-corrected chi connectivity index (χ4v) is 3.32. The Labute approximate surface area is 150 Å². The highest BCUT2D eigenvalue weighted by molar-refractivity contribution is 7.80. The molecule has 0 aromatic heterocycles. The third-order valence-corrected chi connectivity index (χ3v) is 4.54. The number of hydrogen-bond acceptors (Lipinski definition) is 2. The van der Waals surface area contributed by atoms with Crippen LogP contribution in [0.5, 0.6) is 0 Å². The van der Waals surface area contributed by atoms with Gasteiger partial charge in [0.15, 0.2) is 5.11 Å². The Hall–Kier alpha value is -1.62. The van der Waals surface area contributed by atoms with Gasteiger partial charge in [-0.1, -0.05) is 53.5 Å². The summed E-state index contributed by atoms with van der Waals surface area (Å²) >= 11 is 17.2. The van der Waals surface area contributed by atoms with Gasteiger partial charge in [-0.15, -0.1) is 0 Å². The average molecular weight is 364 g/mol. The quantitative estimate of drug-likeness (QED) is 0.479. The summed E-state index contributed by atoms with van der Waals surface area (Å²) < 4.78 is 0. The monoisotopic (exact) mass is 363 g/mol. The largest absolute Gasteiger partial charge is 0.354 e. The predicted molar refractivity (Wildman–Crippen MR) is 100 cm³/mol. The van der Waals surface area contributed by atoms with E-state index in [-0.39, 0.29) is 6.04 Å². The van der Waals surface area contributed by atoms with Crippen LogP contribution >= 0.6 is 35.4 Å². The molecule has 0 amide bonds. The topological polar surface area (TPSA) is 36.4 Å². The number of nitrogens with one attached hydrogen (secondary N) is 2. The van der Waals surface area contributed by atoms with Gasteiger partial charge in [-0.05, 0) is 48.3 Å². The van der Waals surface area contributed by atoms with Crippen molar-refractivity contribution in [3.05, 3.63) is 69.2 Å². The van der Waals surface area contributed by atoms with E-state index < -0.39 is 0 Å². The van der Waals surface area contributed by atoms with E-state index in [0.717, 1.165) is 18.4 Å². The predicted octanol–water partition coefficient (Wildman–Crippen LogP) is 4.48. The molecule has 0 fully saturated rings. The second-order valence-corrected chi connectivity index (χ2v) is 6.55. The zero-order chi connectivity index (χ0) is 16.2. The van der Waals surface area contributed by atoms with E-state index in [0.29, 0.717) is 15.2 Å².